The fourth-order valence-corrected chi connectivity index (χ4v) is 7.95. The number of benzene rings is 4. The van der Waals surface area contributed by atoms with Crippen LogP contribution in [-0.4, -0.2) is 90.7 Å². The van der Waals surface area contributed by atoms with E-state index in [0.717, 1.165) is 49.3 Å². The van der Waals surface area contributed by atoms with Crippen molar-refractivity contribution in [3.8, 4) is 11.7 Å². The van der Waals surface area contributed by atoms with E-state index in [1.165, 1.54) is 35.2 Å². The molecule has 0 saturated heterocycles. The van der Waals surface area contributed by atoms with Crippen molar-refractivity contribution in [1.82, 2.24) is 15.0 Å². The summed E-state index contributed by atoms with van der Waals surface area (Å²) in [6.45, 7) is 1.07. The third-order valence-corrected chi connectivity index (χ3v) is 11.7. The smallest absolute Gasteiger partial charge is 0.444 e. The van der Waals surface area contributed by atoms with Gasteiger partial charge in [-0.05, 0) is 88.2 Å². The number of nitrogens with zero attached hydrogens (tertiary/aromatic N) is 6. The van der Waals surface area contributed by atoms with Gasteiger partial charge in [-0.25, -0.2) is 19.9 Å². The van der Waals surface area contributed by atoms with E-state index in [-0.39, 0.29) is 73.7 Å². The van der Waals surface area contributed by atoms with Crippen LogP contribution in [0.3, 0.4) is 0 Å². The Morgan fingerprint density at radius 2 is 1.50 bits per heavy atom. The quantitative estimate of drug-likeness (QED) is 0.00892. The van der Waals surface area contributed by atoms with Crippen molar-refractivity contribution in [2.75, 3.05) is 21.7 Å². The van der Waals surface area contributed by atoms with Crippen molar-refractivity contribution in [1.29, 1.82) is 0 Å². The van der Waals surface area contributed by atoms with Crippen LogP contribution in [0.1, 0.15) is 17.3 Å². The lowest BCUT2D eigenvalue weighted by molar-refractivity contribution is -0.603. The van der Waals surface area contributed by atoms with Crippen molar-refractivity contribution < 1.29 is 94.0 Å². The van der Waals surface area contributed by atoms with Crippen LogP contribution >= 0.6 is 36.1 Å². The number of carboxylic acids is 1. The molecule has 358 valence electrons. The first-order chi connectivity index (χ1) is 31.8. The highest BCUT2D eigenvalue weighted by Gasteiger charge is 2.24. The first-order valence-electron chi connectivity index (χ1n) is 17.7. The van der Waals surface area contributed by atoms with E-state index in [2.05, 4.69) is 59.9 Å². The second kappa shape index (κ2) is 22.9. The molecular weight excluding hydrogens is 1010 g/mol. The molecule has 0 aliphatic heterocycles. The molecular formula is C35H30N9O19S5+. The number of rotatable bonds is 20. The summed E-state index contributed by atoms with van der Waals surface area (Å²) < 4.78 is 84.0. The molecule has 2 aromatic heterocycles. The molecule has 0 atom stereocenters. The first kappa shape index (κ1) is 52.3. The highest BCUT2D eigenvalue weighted by molar-refractivity contribution is 7.96. The summed E-state index contributed by atoms with van der Waals surface area (Å²) in [4.78, 5) is 47.6. The monoisotopic (exact) mass is 1040 g/mol. The molecule has 33 heteroatoms. The number of anilines is 5. The van der Waals surface area contributed by atoms with Gasteiger partial charge in [-0.15, -0.1) is 23.9 Å². The first-order valence-corrected chi connectivity index (χ1v) is 23.0. The number of amides is 1. The van der Waals surface area contributed by atoms with E-state index in [1.807, 2.05) is 0 Å². The fraction of sp³-hybridized carbons (Fsp3) is 0.0571. The lowest BCUT2D eigenvalue weighted by atomic mass is 10.1. The number of azo groups is 1. The number of phenols is 1. The van der Waals surface area contributed by atoms with Gasteiger partial charge in [0.1, 0.15) is 22.0 Å². The summed E-state index contributed by atoms with van der Waals surface area (Å²) >= 11 is 1.43. The molecule has 6 rings (SSSR count). The zero-order valence-electron chi connectivity index (χ0n) is 33.6. The number of pyridine rings is 1. The number of hydrogen-bond donors (Lipinski definition) is 9. The second-order valence-electron chi connectivity index (χ2n) is 12.7. The Hall–Kier alpha value is -6.70. The molecule has 0 unspecified atom stereocenters. The molecule has 0 fully saturated rings. The largest absolute Gasteiger partial charge is 0.505 e. The minimum Gasteiger partial charge on any atom is -0.505 e. The van der Waals surface area contributed by atoms with E-state index >= 15 is 0 Å². The number of carboxylic acid groups (broad SMARTS) is 1. The van der Waals surface area contributed by atoms with Gasteiger partial charge in [-0.3, -0.25) is 18.7 Å². The van der Waals surface area contributed by atoms with Crippen LogP contribution in [0, 0.1) is 0 Å². The van der Waals surface area contributed by atoms with Gasteiger partial charge < -0.3 is 35.8 Å². The van der Waals surface area contributed by atoms with Gasteiger partial charge in [0.05, 0.1) is 57.5 Å². The number of aromatic carboxylic acids is 1. The molecule has 2 heterocycles. The van der Waals surface area contributed by atoms with Crippen molar-refractivity contribution >= 4 is 125 Å². The Balaban J connectivity index is 0.00000864. The third kappa shape index (κ3) is 13.7. The van der Waals surface area contributed by atoms with Crippen molar-refractivity contribution in [2.45, 2.75) is 26.5 Å². The number of hydrogen-bond acceptors (Lipinski definition) is 25. The Bertz CT molecular complexity index is 3140. The topological polar surface area (TPSA) is 422 Å². The van der Waals surface area contributed by atoms with Gasteiger partial charge in [-0.2, -0.15) is 16.8 Å². The molecule has 6 aromatic rings. The van der Waals surface area contributed by atoms with Gasteiger partial charge in [0.25, 0.3) is 20.2 Å². The molecule has 0 spiro atoms. The summed E-state index contributed by atoms with van der Waals surface area (Å²) in [6, 6.07) is 15.1. The number of phenolic OH excluding ortho intramolecular Hbond substituents is 1. The Kier molecular flexibility index (Phi) is 17.6. The minimum atomic E-state index is -5.05. The average molecular weight is 1040 g/mol. The molecule has 0 bridgehead atoms. The SMILES string of the molecule is CC(=O)Nc1cc(S(=O)(=O)O)cc2cc(SOOO)c(N=Nc3cc(Nc4nc(Nc5ccc(SOC(=O)CSOOO)cc5)nc(-[n+]5cccc(C(=O)O)c5)n4)ccc3S(=O)(=O)O)c(O)c12.O. The summed E-state index contributed by atoms with van der Waals surface area (Å²) in [5, 5.41) is 60.9. The van der Waals surface area contributed by atoms with E-state index in [1.54, 1.807) is 24.3 Å². The molecule has 0 aliphatic carbocycles. The summed E-state index contributed by atoms with van der Waals surface area (Å²) in [6.07, 6.45) is 2.67. The summed E-state index contributed by atoms with van der Waals surface area (Å²) in [5.74, 6) is -4.25. The Morgan fingerprint density at radius 3 is 2.13 bits per heavy atom. The van der Waals surface area contributed by atoms with E-state index in [0.29, 0.717) is 22.6 Å². The van der Waals surface area contributed by atoms with Gasteiger partial charge in [-0.1, -0.05) is 10.1 Å². The number of aromatic hydroxyl groups is 1. The molecule has 1 amide bonds. The van der Waals surface area contributed by atoms with E-state index in [4.69, 9.17) is 14.7 Å². The third-order valence-electron chi connectivity index (χ3n) is 8.14. The van der Waals surface area contributed by atoms with Crippen molar-refractivity contribution in [3.05, 3.63) is 90.8 Å². The Morgan fingerprint density at radius 1 is 0.824 bits per heavy atom. The lowest BCUT2D eigenvalue weighted by Crippen LogP contribution is -2.34. The molecule has 0 saturated carbocycles. The standard InChI is InChI=1S/C35H27N9O18S5.H2O/c1-17(45)36-25-14-23(66(52,53)54)11-19-12-26(65-62-60-51)30(31(47)29(19)25)43-42-24-13-21(6-9-27(24)67(55,56)57)38-34-39-33(40-35(41-34)44-10-2-3-18(15-44)32(48)49)37-20-4-7-22(8-5-20)64-58-28(46)16-63-61-59-50;/h2-15H,16H2,1H3,(H8-,36,37,38,39,40,41,42,45,47,48,49,50,51,52,53,54,55,56,57);1H2/p+1. The summed E-state index contributed by atoms with van der Waals surface area (Å²) in [7, 11) is -9.92. The van der Waals surface area contributed by atoms with Crippen LogP contribution in [0.4, 0.5) is 40.3 Å². The predicted octanol–water partition coefficient (Wildman–Crippen LogP) is 5.28. The molecule has 0 radical (unpaired) electrons. The number of fused-ring (bicyclic) bond motifs is 1. The van der Waals surface area contributed by atoms with Crippen LogP contribution in [-0.2, 0) is 52.8 Å². The van der Waals surface area contributed by atoms with Gasteiger partial charge in [0, 0.05) is 40.6 Å². The minimum absolute atomic E-state index is 0. The fourth-order valence-electron chi connectivity index (χ4n) is 5.49. The normalized spacial score (nSPS) is 11.5. The number of nitrogens with one attached hydrogen (secondary N) is 3. The van der Waals surface area contributed by atoms with Crippen LogP contribution in [0.2, 0.25) is 0 Å². The molecule has 4 aromatic carbocycles. The zero-order chi connectivity index (χ0) is 48.5. The number of aromatic nitrogens is 4. The van der Waals surface area contributed by atoms with Gasteiger partial charge >= 0.3 is 29.8 Å². The molecule has 68 heavy (non-hydrogen) atoms. The molecule has 11 N–H and O–H groups in total. The van der Waals surface area contributed by atoms with Crippen LogP contribution in [0.25, 0.3) is 16.7 Å². The van der Waals surface area contributed by atoms with Crippen molar-refractivity contribution in [3.63, 3.8) is 0 Å². The zero-order valence-corrected chi connectivity index (χ0v) is 37.7. The maximum atomic E-state index is 12.6. The van der Waals surface area contributed by atoms with E-state index in [9.17, 15) is 50.5 Å². The number of carbonyl (C=O) groups excluding carboxylic acids is 2. The predicted molar refractivity (Wildman–Crippen MR) is 235 cm³/mol. The maximum absolute atomic E-state index is 12.6. The highest BCUT2D eigenvalue weighted by Crippen LogP contribution is 2.47. The molecule has 28 nitrogen and oxygen atoms in total. The van der Waals surface area contributed by atoms with Gasteiger partial charge in [0.15, 0.2) is 5.75 Å². The highest BCUT2D eigenvalue weighted by atomic mass is 32.2. The lowest BCUT2D eigenvalue weighted by Gasteiger charge is -2.14. The van der Waals surface area contributed by atoms with Gasteiger partial charge in [0.2, 0.25) is 5.91 Å². The van der Waals surface area contributed by atoms with Crippen LogP contribution in [0.5, 0.6) is 5.75 Å². The molecule has 0 aliphatic rings. The van der Waals surface area contributed by atoms with Crippen LogP contribution in [0.15, 0.2) is 115 Å². The Labute approximate surface area is 393 Å². The number of carbonyl (C=O) groups is 3. The second-order valence-corrected chi connectivity index (χ2v) is 17.7. The van der Waals surface area contributed by atoms with E-state index < -0.39 is 65.0 Å². The van der Waals surface area contributed by atoms with Crippen LogP contribution < -0.4 is 20.5 Å². The maximum Gasteiger partial charge on any atom is 0.444 e. The van der Waals surface area contributed by atoms with Crippen molar-refractivity contribution in [2.24, 2.45) is 10.2 Å². The average Bonchev–Trinajstić information content (AvgIpc) is 3.26. The summed E-state index contributed by atoms with van der Waals surface area (Å²) in [5.41, 5.74) is -1.16.